The highest BCUT2D eigenvalue weighted by Crippen LogP contribution is 2.39. The summed E-state index contributed by atoms with van der Waals surface area (Å²) in [6, 6.07) is 7.74. The zero-order valence-corrected chi connectivity index (χ0v) is 16.7. The van der Waals surface area contributed by atoms with Crippen molar-refractivity contribution >= 4 is 44.3 Å². The van der Waals surface area contributed by atoms with E-state index in [1.54, 1.807) is 6.20 Å². The van der Waals surface area contributed by atoms with Gasteiger partial charge in [-0.3, -0.25) is 9.78 Å². The summed E-state index contributed by atoms with van der Waals surface area (Å²) in [6.45, 7) is 7.33. The molecule has 0 aliphatic carbocycles. The van der Waals surface area contributed by atoms with E-state index in [0.717, 1.165) is 33.0 Å². The van der Waals surface area contributed by atoms with Crippen LogP contribution in [0.3, 0.4) is 0 Å². The van der Waals surface area contributed by atoms with Gasteiger partial charge in [0.25, 0.3) is 5.91 Å². The minimum absolute atomic E-state index is 0.213. The number of aryl methyl sites for hydroxylation is 1. The number of benzene rings is 1. The number of carbonyl (C=O) groups is 2. The lowest BCUT2D eigenvalue weighted by molar-refractivity contribution is 0.0180. The van der Waals surface area contributed by atoms with Crippen molar-refractivity contribution in [3.63, 3.8) is 0 Å². The zero-order chi connectivity index (χ0) is 19.3. The number of carbonyl (C=O) groups excluding carboxylic acids is 2. The summed E-state index contributed by atoms with van der Waals surface area (Å²) in [6.07, 6.45) is 2.66. The second-order valence-electron chi connectivity index (χ2n) is 7.96. The topological polar surface area (TPSA) is 59.5 Å². The Morgan fingerprint density at radius 1 is 1.30 bits per heavy atom. The SMILES string of the molecule is C[C@@H]1CCc2c(sc3ccc4ncccc4c23)C(=O)N1C(=O)OC(C)(C)C. The maximum absolute atomic E-state index is 13.3. The van der Waals surface area contributed by atoms with E-state index in [9.17, 15) is 9.59 Å². The van der Waals surface area contributed by atoms with E-state index in [4.69, 9.17) is 4.74 Å². The van der Waals surface area contributed by atoms with Crippen molar-refractivity contribution in [1.29, 1.82) is 0 Å². The molecular weight excluding hydrogens is 360 g/mol. The van der Waals surface area contributed by atoms with Crippen molar-refractivity contribution in [1.82, 2.24) is 9.88 Å². The van der Waals surface area contributed by atoms with Crippen LogP contribution in [0.2, 0.25) is 0 Å². The van der Waals surface area contributed by atoms with Crippen LogP contribution >= 0.6 is 11.3 Å². The molecule has 4 rings (SSSR count). The molecule has 0 spiro atoms. The molecule has 27 heavy (non-hydrogen) atoms. The Kier molecular flexibility index (Phi) is 4.18. The summed E-state index contributed by atoms with van der Waals surface area (Å²) in [5.41, 5.74) is 1.30. The van der Waals surface area contributed by atoms with Crippen molar-refractivity contribution in [2.45, 2.75) is 52.2 Å². The minimum atomic E-state index is -0.645. The molecule has 0 N–H and O–H groups in total. The van der Waals surface area contributed by atoms with E-state index in [1.807, 2.05) is 52.0 Å². The molecular formula is C21H22N2O3S. The van der Waals surface area contributed by atoms with Crippen molar-refractivity contribution in [3.05, 3.63) is 40.9 Å². The Bertz CT molecular complexity index is 1060. The molecule has 1 aliphatic heterocycles. The summed E-state index contributed by atoms with van der Waals surface area (Å²) in [7, 11) is 0. The van der Waals surface area contributed by atoms with E-state index < -0.39 is 11.7 Å². The standard InChI is InChI=1S/C21H22N2O3S/c1-12-7-8-14-17-13-6-5-11-22-15(13)9-10-16(17)27-18(14)19(24)23(12)20(25)26-21(2,3)4/h5-6,9-12H,7-8H2,1-4H3/t12-/m1/s1. The number of pyridine rings is 1. The monoisotopic (exact) mass is 382 g/mol. The van der Waals surface area contributed by atoms with Gasteiger partial charge in [0.15, 0.2) is 0 Å². The Labute approximate surface area is 161 Å². The van der Waals surface area contributed by atoms with Gasteiger partial charge < -0.3 is 4.74 Å². The van der Waals surface area contributed by atoms with E-state index >= 15 is 0 Å². The molecule has 1 aliphatic rings. The van der Waals surface area contributed by atoms with Crippen LogP contribution in [0.5, 0.6) is 0 Å². The fraction of sp³-hybridized carbons (Fsp3) is 0.381. The highest BCUT2D eigenvalue weighted by atomic mass is 32.1. The first kappa shape index (κ1) is 17.9. The van der Waals surface area contributed by atoms with Crippen LogP contribution in [0.15, 0.2) is 30.5 Å². The van der Waals surface area contributed by atoms with Crippen molar-refractivity contribution in [3.8, 4) is 0 Å². The molecule has 140 valence electrons. The van der Waals surface area contributed by atoms with Crippen molar-refractivity contribution < 1.29 is 14.3 Å². The van der Waals surface area contributed by atoms with Crippen LogP contribution < -0.4 is 0 Å². The predicted octanol–water partition coefficient (Wildman–Crippen LogP) is 5.16. The summed E-state index contributed by atoms with van der Waals surface area (Å²) in [5.74, 6) is -0.262. The van der Waals surface area contributed by atoms with Crippen molar-refractivity contribution in [2.24, 2.45) is 0 Å². The number of rotatable bonds is 0. The highest BCUT2D eigenvalue weighted by Gasteiger charge is 2.37. The highest BCUT2D eigenvalue weighted by molar-refractivity contribution is 7.21. The van der Waals surface area contributed by atoms with Gasteiger partial charge in [0, 0.05) is 27.7 Å². The summed E-state index contributed by atoms with van der Waals surface area (Å²) in [5, 5.41) is 2.14. The van der Waals surface area contributed by atoms with Gasteiger partial charge in [0.2, 0.25) is 0 Å². The van der Waals surface area contributed by atoms with Crippen LogP contribution in [0.25, 0.3) is 21.0 Å². The number of nitrogens with zero attached hydrogens (tertiary/aromatic N) is 2. The van der Waals surface area contributed by atoms with Crippen LogP contribution in [-0.2, 0) is 11.2 Å². The third kappa shape index (κ3) is 3.08. The van der Waals surface area contributed by atoms with Gasteiger partial charge in [-0.15, -0.1) is 11.3 Å². The van der Waals surface area contributed by atoms with Crippen LogP contribution in [-0.4, -0.2) is 33.5 Å². The average molecular weight is 382 g/mol. The van der Waals surface area contributed by atoms with Gasteiger partial charge in [0.1, 0.15) is 5.60 Å². The third-order valence-electron chi connectivity index (χ3n) is 4.79. The molecule has 0 fully saturated rings. The molecule has 3 heterocycles. The number of amides is 2. The normalized spacial score (nSPS) is 17.9. The van der Waals surface area contributed by atoms with E-state index in [1.165, 1.54) is 16.2 Å². The van der Waals surface area contributed by atoms with Gasteiger partial charge in [-0.25, -0.2) is 9.69 Å². The van der Waals surface area contributed by atoms with E-state index in [2.05, 4.69) is 4.98 Å². The molecule has 3 aromatic rings. The number of imide groups is 1. The number of hydrogen-bond donors (Lipinski definition) is 0. The second kappa shape index (κ2) is 6.30. The number of thiophene rings is 1. The lowest BCUT2D eigenvalue weighted by Gasteiger charge is -2.28. The first-order chi connectivity index (χ1) is 12.8. The number of fused-ring (bicyclic) bond motifs is 5. The lowest BCUT2D eigenvalue weighted by atomic mass is 10.0. The molecule has 0 bridgehead atoms. The largest absolute Gasteiger partial charge is 0.443 e. The van der Waals surface area contributed by atoms with Gasteiger partial charge >= 0.3 is 6.09 Å². The van der Waals surface area contributed by atoms with E-state index in [-0.39, 0.29) is 11.9 Å². The fourth-order valence-corrected chi connectivity index (χ4v) is 4.80. The maximum Gasteiger partial charge on any atom is 0.417 e. The molecule has 5 nitrogen and oxygen atoms in total. The predicted molar refractivity (Wildman–Crippen MR) is 107 cm³/mol. The summed E-state index contributed by atoms with van der Waals surface area (Å²) >= 11 is 1.45. The quantitative estimate of drug-likeness (QED) is 0.539. The Balaban J connectivity index is 1.86. The first-order valence-electron chi connectivity index (χ1n) is 9.12. The molecule has 1 aromatic carbocycles. The Hall–Kier alpha value is -2.47. The Morgan fingerprint density at radius 3 is 2.81 bits per heavy atom. The molecule has 6 heteroatoms. The molecule has 0 saturated heterocycles. The average Bonchev–Trinajstić information content (AvgIpc) is 2.92. The third-order valence-corrected chi connectivity index (χ3v) is 5.98. The lowest BCUT2D eigenvalue weighted by Crippen LogP contribution is -2.45. The molecule has 0 unspecified atom stereocenters. The number of aromatic nitrogens is 1. The smallest absolute Gasteiger partial charge is 0.417 e. The molecule has 2 amide bonds. The maximum atomic E-state index is 13.3. The Morgan fingerprint density at radius 2 is 2.07 bits per heavy atom. The zero-order valence-electron chi connectivity index (χ0n) is 15.9. The molecule has 0 radical (unpaired) electrons. The van der Waals surface area contributed by atoms with Gasteiger partial charge in [-0.05, 0) is 64.3 Å². The number of ether oxygens (including phenoxy) is 1. The minimum Gasteiger partial charge on any atom is -0.443 e. The summed E-state index contributed by atoms with van der Waals surface area (Å²) < 4.78 is 6.54. The first-order valence-corrected chi connectivity index (χ1v) is 9.93. The van der Waals surface area contributed by atoms with Gasteiger partial charge in [0.05, 0.1) is 10.4 Å². The van der Waals surface area contributed by atoms with Crippen LogP contribution in [0.1, 0.15) is 49.4 Å². The molecule has 2 aromatic heterocycles. The van der Waals surface area contributed by atoms with Crippen LogP contribution in [0, 0.1) is 0 Å². The molecule has 0 saturated carbocycles. The molecule has 1 atom stereocenters. The summed E-state index contributed by atoms with van der Waals surface area (Å²) in [4.78, 5) is 32.4. The van der Waals surface area contributed by atoms with Gasteiger partial charge in [-0.1, -0.05) is 6.07 Å². The van der Waals surface area contributed by atoms with Crippen LogP contribution in [0.4, 0.5) is 4.79 Å². The second-order valence-corrected chi connectivity index (χ2v) is 9.01. The fourth-order valence-electron chi connectivity index (χ4n) is 3.59. The number of hydrogen-bond acceptors (Lipinski definition) is 5. The van der Waals surface area contributed by atoms with Crippen molar-refractivity contribution in [2.75, 3.05) is 0 Å². The van der Waals surface area contributed by atoms with Gasteiger partial charge in [-0.2, -0.15) is 0 Å². The van der Waals surface area contributed by atoms with E-state index in [0.29, 0.717) is 11.3 Å².